The molecule has 1 saturated heterocycles. The minimum atomic E-state index is -3.90. The van der Waals surface area contributed by atoms with E-state index in [1.807, 2.05) is 0 Å². The number of hydrogen-bond acceptors (Lipinski definition) is 8. The average molecular weight is 492 g/mol. The van der Waals surface area contributed by atoms with E-state index in [2.05, 4.69) is 5.32 Å². The predicted molar refractivity (Wildman–Crippen MR) is 122 cm³/mol. The number of nitro groups is 1. The zero-order valence-corrected chi connectivity index (χ0v) is 19.4. The molecule has 0 radical (unpaired) electrons. The molecule has 3 rings (SSSR count). The summed E-state index contributed by atoms with van der Waals surface area (Å²) in [5.74, 6) is -1.51. The summed E-state index contributed by atoms with van der Waals surface area (Å²) in [4.78, 5) is 34.7. The molecule has 1 aliphatic heterocycles. The SMILES string of the molecule is COc1ccc(C(=O)OCC(=O)Nc2cccc([N+](=O)[O-])c2)cc1S(=O)(=O)N1CCCCCC1. The van der Waals surface area contributed by atoms with E-state index < -0.39 is 33.4 Å². The van der Waals surface area contributed by atoms with Crippen LogP contribution in [-0.2, 0) is 19.6 Å². The molecule has 0 aromatic heterocycles. The number of carbonyl (C=O) groups excluding carboxylic acids is 2. The van der Waals surface area contributed by atoms with Crippen LogP contribution in [0.1, 0.15) is 36.0 Å². The van der Waals surface area contributed by atoms with Crippen LogP contribution in [0.4, 0.5) is 11.4 Å². The Morgan fingerprint density at radius 2 is 1.79 bits per heavy atom. The van der Waals surface area contributed by atoms with Crippen LogP contribution in [0.5, 0.6) is 5.75 Å². The second-order valence-corrected chi connectivity index (χ2v) is 9.52. The molecule has 0 bridgehead atoms. The molecule has 182 valence electrons. The van der Waals surface area contributed by atoms with Gasteiger partial charge in [-0.15, -0.1) is 0 Å². The van der Waals surface area contributed by atoms with E-state index in [0.29, 0.717) is 13.1 Å². The molecule has 1 aliphatic rings. The topological polar surface area (TPSA) is 145 Å². The van der Waals surface area contributed by atoms with E-state index in [1.54, 1.807) is 0 Å². The standard InChI is InChI=1S/C22H25N3O8S/c1-32-19-10-9-16(13-20(19)34(30,31)24-11-4-2-3-5-12-24)22(27)33-15-21(26)23-17-7-6-8-18(14-17)25(28)29/h6-10,13-14H,2-5,11-12,15H2,1H3,(H,23,26). The molecule has 12 heteroatoms. The normalized spacial score (nSPS) is 14.6. The van der Waals surface area contributed by atoms with Gasteiger partial charge in [0.15, 0.2) is 6.61 Å². The lowest BCUT2D eigenvalue weighted by molar-refractivity contribution is -0.384. The average Bonchev–Trinajstić information content (AvgIpc) is 3.12. The van der Waals surface area contributed by atoms with Crippen LogP contribution in [-0.4, -0.2) is 56.3 Å². The van der Waals surface area contributed by atoms with Gasteiger partial charge < -0.3 is 14.8 Å². The molecule has 1 N–H and O–H groups in total. The highest BCUT2D eigenvalue weighted by molar-refractivity contribution is 7.89. The maximum Gasteiger partial charge on any atom is 0.338 e. The van der Waals surface area contributed by atoms with Crippen molar-refractivity contribution in [2.24, 2.45) is 0 Å². The Hall–Kier alpha value is -3.51. The van der Waals surface area contributed by atoms with Crippen molar-refractivity contribution in [3.8, 4) is 5.75 Å². The number of nitrogens with zero attached hydrogens (tertiary/aromatic N) is 2. The number of esters is 1. The highest BCUT2D eigenvalue weighted by Gasteiger charge is 2.29. The molecule has 0 spiro atoms. The third-order valence-corrected chi connectivity index (χ3v) is 7.18. The molecular formula is C22H25N3O8S. The lowest BCUT2D eigenvalue weighted by Crippen LogP contribution is -2.32. The highest BCUT2D eigenvalue weighted by Crippen LogP contribution is 2.29. The van der Waals surface area contributed by atoms with Crippen molar-refractivity contribution in [1.29, 1.82) is 0 Å². The van der Waals surface area contributed by atoms with Crippen LogP contribution < -0.4 is 10.1 Å². The number of sulfonamides is 1. The summed E-state index contributed by atoms with van der Waals surface area (Å²) in [5, 5.41) is 13.2. The van der Waals surface area contributed by atoms with Crippen LogP contribution in [0.2, 0.25) is 0 Å². The lowest BCUT2D eigenvalue weighted by Gasteiger charge is -2.21. The van der Waals surface area contributed by atoms with Gasteiger partial charge in [-0.3, -0.25) is 14.9 Å². The van der Waals surface area contributed by atoms with E-state index in [4.69, 9.17) is 9.47 Å². The van der Waals surface area contributed by atoms with Crippen molar-refractivity contribution in [1.82, 2.24) is 4.31 Å². The number of nitrogens with one attached hydrogen (secondary N) is 1. The number of methoxy groups -OCH3 is 1. The number of benzene rings is 2. The first-order chi connectivity index (χ1) is 16.2. The first kappa shape index (κ1) is 25.1. The first-order valence-corrected chi connectivity index (χ1v) is 12.1. The summed E-state index contributed by atoms with van der Waals surface area (Å²) in [5.41, 5.74) is -0.0888. The van der Waals surface area contributed by atoms with Gasteiger partial charge in [0.2, 0.25) is 10.0 Å². The van der Waals surface area contributed by atoms with Crippen molar-refractivity contribution < 1.29 is 32.4 Å². The Morgan fingerprint density at radius 3 is 2.44 bits per heavy atom. The lowest BCUT2D eigenvalue weighted by atomic mass is 10.2. The zero-order valence-electron chi connectivity index (χ0n) is 18.6. The van der Waals surface area contributed by atoms with Gasteiger partial charge in [0, 0.05) is 30.9 Å². The molecule has 2 aromatic rings. The Labute approximate surface area is 196 Å². The predicted octanol–water partition coefficient (Wildman–Crippen LogP) is 2.96. The summed E-state index contributed by atoms with van der Waals surface area (Å²) in [6, 6.07) is 9.20. The Morgan fingerprint density at radius 1 is 1.09 bits per heavy atom. The summed E-state index contributed by atoms with van der Waals surface area (Å²) < 4.78 is 38.1. The molecular weight excluding hydrogens is 466 g/mol. The second-order valence-electron chi connectivity index (χ2n) is 7.62. The van der Waals surface area contributed by atoms with Gasteiger partial charge in [-0.05, 0) is 37.1 Å². The largest absolute Gasteiger partial charge is 0.495 e. The first-order valence-electron chi connectivity index (χ1n) is 10.6. The maximum absolute atomic E-state index is 13.2. The van der Waals surface area contributed by atoms with E-state index in [9.17, 15) is 28.1 Å². The zero-order chi connectivity index (χ0) is 24.7. The molecule has 0 saturated carbocycles. The van der Waals surface area contributed by atoms with E-state index in [-0.39, 0.29) is 27.6 Å². The number of hydrogen-bond donors (Lipinski definition) is 1. The molecule has 0 atom stereocenters. The number of rotatable bonds is 8. The minimum absolute atomic E-state index is 0.0580. The van der Waals surface area contributed by atoms with Crippen LogP contribution in [0.15, 0.2) is 47.4 Å². The fourth-order valence-corrected chi connectivity index (χ4v) is 5.23. The molecule has 1 fully saturated rings. The summed E-state index contributed by atoms with van der Waals surface area (Å²) >= 11 is 0. The maximum atomic E-state index is 13.2. The fraction of sp³-hybridized carbons (Fsp3) is 0.364. The number of carbonyl (C=O) groups is 2. The summed E-state index contributed by atoms with van der Waals surface area (Å²) in [6.45, 7) is 0.109. The third kappa shape index (κ3) is 6.08. The molecule has 2 aromatic carbocycles. The molecule has 0 unspecified atom stereocenters. The van der Waals surface area contributed by atoms with E-state index in [1.165, 1.54) is 53.9 Å². The number of non-ortho nitro benzene ring substituents is 1. The molecule has 1 heterocycles. The number of nitro benzene ring substituents is 1. The Kier molecular flexibility index (Phi) is 8.18. The monoisotopic (exact) mass is 491 g/mol. The van der Waals surface area contributed by atoms with E-state index >= 15 is 0 Å². The number of anilines is 1. The Bertz CT molecular complexity index is 1170. The summed E-state index contributed by atoms with van der Waals surface area (Å²) in [6.07, 6.45) is 3.41. The molecule has 11 nitrogen and oxygen atoms in total. The van der Waals surface area contributed by atoms with Gasteiger partial charge in [0.25, 0.3) is 11.6 Å². The Balaban J connectivity index is 1.71. The second kappa shape index (κ2) is 11.1. The van der Waals surface area contributed by atoms with Crippen molar-refractivity contribution in [2.45, 2.75) is 30.6 Å². The van der Waals surface area contributed by atoms with Crippen LogP contribution in [0, 0.1) is 10.1 Å². The van der Waals surface area contributed by atoms with Crippen molar-refractivity contribution in [3.63, 3.8) is 0 Å². The van der Waals surface area contributed by atoms with Gasteiger partial charge >= 0.3 is 5.97 Å². The van der Waals surface area contributed by atoms with Crippen molar-refractivity contribution in [3.05, 3.63) is 58.1 Å². The van der Waals surface area contributed by atoms with Gasteiger partial charge in [0.05, 0.1) is 17.6 Å². The van der Waals surface area contributed by atoms with Crippen LogP contribution in [0.3, 0.4) is 0 Å². The molecule has 34 heavy (non-hydrogen) atoms. The molecule has 1 amide bonds. The fourth-order valence-electron chi connectivity index (χ4n) is 3.54. The third-order valence-electron chi connectivity index (χ3n) is 5.26. The van der Waals surface area contributed by atoms with Gasteiger partial charge in [-0.25, -0.2) is 13.2 Å². The minimum Gasteiger partial charge on any atom is -0.495 e. The molecule has 0 aliphatic carbocycles. The smallest absolute Gasteiger partial charge is 0.338 e. The van der Waals surface area contributed by atoms with Crippen LogP contribution >= 0.6 is 0 Å². The van der Waals surface area contributed by atoms with Crippen molar-refractivity contribution >= 4 is 33.3 Å². The highest BCUT2D eigenvalue weighted by atomic mass is 32.2. The van der Waals surface area contributed by atoms with Crippen molar-refractivity contribution in [2.75, 3.05) is 32.1 Å². The van der Waals surface area contributed by atoms with Gasteiger partial charge in [-0.2, -0.15) is 4.31 Å². The quantitative estimate of drug-likeness (QED) is 0.337. The van der Waals surface area contributed by atoms with Crippen LogP contribution in [0.25, 0.3) is 0 Å². The number of amides is 1. The van der Waals surface area contributed by atoms with Gasteiger partial charge in [-0.1, -0.05) is 18.9 Å². The summed E-state index contributed by atoms with van der Waals surface area (Å²) in [7, 11) is -2.56. The van der Waals surface area contributed by atoms with E-state index in [0.717, 1.165) is 25.7 Å². The number of ether oxygens (including phenoxy) is 2. The van der Waals surface area contributed by atoms with Gasteiger partial charge in [0.1, 0.15) is 10.6 Å².